The van der Waals surface area contributed by atoms with Crippen LogP contribution in [-0.2, 0) is 9.53 Å². The van der Waals surface area contributed by atoms with Crippen LogP contribution in [0.1, 0.15) is 16.1 Å². The summed E-state index contributed by atoms with van der Waals surface area (Å²) in [5, 5.41) is 0. The van der Waals surface area contributed by atoms with Crippen molar-refractivity contribution >= 4 is 33.8 Å². The average molecular weight is 353 g/mol. The minimum absolute atomic E-state index is 0.107. The highest BCUT2D eigenvalue weighted by Gasteiger charge is 2.12. The zero-order valence-electron chi connectivity index (χ0n) is 10.7. The van der Waals surface area contributed by atoms with Crippen molar-refractivity contribution in [1.29, 1.82) is 0 Å². The van der Waals surface area contributed by atoms with Gasteiger partial charge in [0, 0.05) is 6.08 Å². The third-order valence-electron chi connectivity index (χ3n) is 2.50. The number of halogens is 2. The number of furan rings is 1. The molecule has 0 fully saturated rings. The molecule has 0 N–H and O–H groups in total. The maximum absolute atomic E-state index is 13.3. The molecule has 0 radical (unpaired) electrons. The second kappa shape index (κ2) is 6.99. The molecule has 1 aromatic carbocycles. The second-order valence-corrected chi connectivity index (χ2v) is 4.77. The number of carbonyl (C=O) groups is 2. The highest BCUT2D eigenvalue weighted by atomic mass is 79.9. The number of ether oxygens (including phenoxy) is 1. The van der Waals surface area contributed by atoms with E-state index in [1.54, 1.807) is 12.1 Å². The highest BCUT2D eigenvalue weighted by Crippen LogP contribution is 2.15. The predicted molar refractivity (Wildman–Crippen MR) is 77.1 cm³/mol. The van der Waals surface area contributed by atoms with E-state index in [1.807, 2.05) is 0 Å². The van der Waals surface area contributed by atoms with Crippen LogP contribution in [0.25, 0.3) is 6.08 Å². The van der Waals surface area contributed by atoms with Gasteiger partial charge in [0.15, 0.2) is 11.3 Å². The molecule has 1 aromatic heterocycles. The quantitative estimate of drug-likeness (QED) is 0.468. The first-order chi connectivity index (χ1) is 10.1. The smallest absolute Gasteiger partial charge is 0.331 e. The molecule has 0 aliphatic rings. The van der Waals surface area contributed by atoms with Gasteiger partial charge in [0.2, 0.25) is 5.78 Å². The summed E-state index contributed by atoms with van der Waals surface area (Å²) in [6.07, 6.45) is 2.53. The summed E-state index contributed by atoms with van der Waals surface area (Å²) in [6, 6.07) is 8.84. The number of ketones is 1. The van der Waals surface area contributed by atoms with Crippen molar-refractivity contribution in [2.24, 2.45) is 0 Å². The lowest BCUT2D eigenvalue weighted by Gasteiger charge is -2.02. The molecular weight excluding hydrogens is 343 g/mol. The Morgan fingerprint density at radius 1 is 1.24 bits per heavy atom. The molecule has 0 unspecified atom stereocenters. The largest absolute Gasteiger partial charge is 0.454 e. The zero-order valence-corrected chi connectivity index (χ0v) is 12.3. The molecule has 6 heteroatoms. The summed E-state index contributed by atoms with van der Waals surface area (Å²) in [7, 11) is 0. The molecule has 2 aromatic rings. The summed E-state index contributed by atoms with van der Waals surface area (Å²) in [6.45, 7) is -0.522. The molecule has 0 aliphatic carbocycles. The number of carbonyl (C=O) groups excluding carboxylic acids is 2. The monoisotopic (exact) mass is 352 g/mol. The molecule has 0 aliphatic heterocycles. The Morgan fingerprint density at radius 3 is 2.67 bits per heavy atom. The van der Waals surface area contributed by atoms with Gasteiger partial charge >= 0.3 is 5.97 Å². The van der Waals surface area contributed by atoms with Gasteiger partial charge in [-0.15, -0.1) is 0 Å². The number of esters is 1. The van der Waals surface area contributed by atoms with Crippen LogP contribution >= 0.6 is 15.9 Å². The minimum Gasteiger partial charge on any atom is -0.454 e. The molecule has 108 valence electrons. The van der Waals surface area contributed by atoms with E-state index in [9.17, 15) is 14.0 Å². The van der Waals surface area contributed by atoms with Crippen molar-refractivity contribution in [3.63, 3.8) is 0 Å². The van der Waals surface area contributed by atoms with E-state index in [-0.39, 0.29) is 5.56 Å². The Hall–Kier alpha value is -2.21. The van der Waals surface area contributed by atoms with Crippen LogP contribution in [0.2, 0.25) is 0 Å². The van der Waals surface area contributed by atoms with Gasteiger partial charge in [-0.05, 0) is 46.3 Å². The Labute approximate surface area is 128 Å². The van der Waals surface area contributed by atoms with E-state index in [0.29, 0.717) is 10.4 Å². The van der Waals surface area contributed by atoms with Crippen LogP contribution in [0.3, 0.4) is 0 Å². The lowest BCUT2D eigenvalue weighted by Crippen LogP contribution is -2.13. The van der Waals surface area contributed by atoms with Gasteiger partial charge in [0.1, 0.15) is 11.6 Å². The Morgan fingerprint density at radius 2 is 2.00 bits per heavy atom. The third-order valence-corrected chi connectivity index (χ3v) is 2.92. The number of rotatable bonds is 5. The van der Waals surface area contributed by atoms with E-state index >= 15 is 0 Å². The summed E-state index contributed by atoms with van der Waals surface area (Å²) >= 11 is 3.12. The average Bonchev–Trinajstić information content (AvgIpc) is 2.89. The van der Waals surface area contributed by atoms with Crippen LogP contribution in [0, 0.1) is 5.82 Å². The topological polar surface area (TPSA) is 56.5 Å². The molecule has 0 spiro atoms. The first-order valence-electron chi connectivity index (χ1n) is 5.94. The fourth-order valence-electron chi connectivity index (χ4n) is 1.52. The molecule has 0 atom stereocenters. The van der Waals surface area contributed by atoms with Crippen LogP contribution in [0.15, 0.2) is 51.6 Å². The van der Waals surface area contributed by atoms with E-state index < -0.39 is 24.2 Å². The van der Waals surface area contributed by atoms with Gasteiger partial charge in [-0.25, -0.2) is 9.18 Å². The van der Waals surface area contributed by atoms with Crippen LogP contribution < -0.4 is 0 Å². The number of benzene rings is 1. The standard InChI is InChI=1S/C15H10BrFO4/c16-14-7-5-10(21-14)6-8-15(19)20-9-13(18)11-3-1-2-4-12(11)17/h1-8H,9H2/b8-6+. The number of hydrogen-bond acceptors (Lipinski definition) is 4. The molecule has 21 heavy (non-hydrogen) atoms. The SMILES string of the molecule is O=C(/C=C/c1ccc(Br)o1)OCC(=O)c1ccccc1F. The van der Waals surface area contributed by atoms with Crippen LogP contribution in [0.5, 0.6) is 0 Å². The van der Waals surface area contributed by atoms with E-state index in [0.717, 1.165) is 6.08 Å². The van der Waals surface area contributed by atoms with Gasteiger partial charge in [-0.2, -0.15) is 0 Å². The highest BCUT2D eigenvalue weighted by molar-refractivity contribution is 9.10. The number of hydrogen-bond donors (Lipinski definition) is 0. The Kier molecular flexibility index (Phi) is 5.05. The van der Waals surface area contributed by atoms with Gasteiger partial charge in [0.05, 0.1) is 5.56 Å². The van der Waals surface area contributed by atoms with E-state index in [1.165, 1.54) is 30.3 Å². The molecule has 0 amide bonds. The van der Waals surface area contributed by atoms with Crippen LogP contribution in [-0.4, -0.2) is 18.4 Å². The maximum Gasteiger partial charge on any atom is 0.331 e. The molecule has 1 heterocycles. The van der Waals surface area contributed by atoms with Crippen molar-refractivity contribution in [2.45, 2.75) is 0 Å². The molecule has 0 saturated heterocycles. The van der Waals surface area contributed by atoms with E-state index in [4.69, 9.17) is 9.15 Å². The zero-order chi connectivity index (χ0) is 15.2. The lowest BCUT2D eigenvalue weighted by atomic mass is 10.1. The molecule has 4 nitrogen and oxygen atoms in total. The molecule has 2 rings (SSSR count). The summed E-state index contributed by atoms with van der Waals surface area (Å²) in [4.78, 5) is 23.1. The minimum atomic E-state index is -0.716. The first kappa shape index (κ1) is 15.2. The van der Waals surface area contributed by atoms with Gasteiger partial charge in [-0.1, -0.05) is 12.1 Å². The van der Waals surface area contributed by atoms with Crippen molar-refractivity contribution in [2.75, 3.05) is 6.61 Å². The summed E-state index contributed by atoms with van der Waals surface area (Å²) in [5.41, 5.74) is -0.107. The number of Topliss-reactive ketones (excluding diaryl/α,β-unsaturated/α-hetero) is 1. The van der Waals surface area contributed by atoms with Crippen LogP contribution in [0.4, 0.5) is 4.39 Å². The predicted octanol–water partition coefficient (Wildman–Crippen LogP) is 3.62. The maximum atomic E-state index is 13.3. The van der Waals surface area contributed by atoms with Crippen molar-refractivity contribution in [1.82, 2.24) is 0 Å². The Balaban J connectivity index is 1.88. The third kappa shape index (κ3) is 4.39. The fraction of sp³-hybridized carbons (Fsp3) is 0.0667. The van der Waals surface area contributed by atoms with Gasteiger partial charge in [-0.3, -0.25) is 4.79 Å². The van der Waals surface area contributed by atoms with Crippen molar-refractivity contribution in [3.8, 4) is 0 Å². The molecular formula is C15H10BrFO4. The normalized spacial score (nSPS) is 10.8. The van der Waals surface area contributed by atoms with E-state index in [2.05, 4.69) is 15.9 Å². The Bertz CT molecular complexity index is 690. The fourth-order valence-corrected chi connectivity index (χ4v) is 1.84. The van der Waals surface area contributed by atoms with Crippen molar-refractivity contribution in [3.05, 3.63) is 64.3 Å². The molecule has 0 bridgehead atoms. The first-order valence-corrected chi connectivity index (χ1v) is 6.73. The second-order valence-electron chi connectivity index (χ2n) is 3.99. The van der Waals surface area contributed by atoms with Crippen molar-refractivity contribution < 1.29 is 23.1 Å². The summed E-state index contributed by atoms with van der Waals surface area (Å²) in [5.74, 6) is -1.50. The summed E-state index contributed by atoms with van der Waals surface area (Å²) < 4.78 is 23.8. The van der Waals surface area contributed by atoms with Gasteiger partial charge < -0.3 is 9.15 Å². The van der Waals surface area contributed by atoms with Gasteiger partial charge in [0.25, 0.3) is 0 Å². The molecule has 0 saturated carbocycles. The lowest BCUT2D eigenvalue weighted by molar-refractivity contribution is -0.136.